The Morgan fingerprint density at radius 2 is 2.06 bits per heavy atom. The van der Waals surface area contributed by atoms with Crippen molar-refractivity contribution in [1.82, 2.24) is 19.7 Å². The van der Waals surface area contributed by atoms with E-state index in [9.17, 15) is 4.79 Å². The highest BCUT2D eigenvalue weighted by atomic mass is 127. The second-order valence-corrected chi connectivity index (χ2v) is 8.61. The predicted octanol–water partition coefficient (Wildman–Crippen LogP) is 5.54. The molecule has 0 atom stereocenters. The maximum Gasteiger partial charge on any atom is 0.247 e. The van der Waals surface area contributed by atoms with Gasteiger partial charge in [-0.05, 0) is 71.7 Å². The first-order chi connectivity index (χ1) is 14.8. The Bertz CT molecular complexity index is 1330. The van der Waals surface area contributed by atoms with Crippen LogP contribution >= 0.6 is 22.6 Å². The van der Waals surface area contributed by atoms with Crippen molar-refractivity contribution in [3.63, 3.8) is 0 Å². The Balaban J connectivity index is 1.97. The molecule has 0 aliphatic carbocycles. The highest BCUT2D eigenvalue weighted by molar-refractivity contribution is 14.1. The number of aromatic nitrogens is 4. The van der Waals surface area contributed by atoms with Gasteiger partial charge >= 0.3 is 0 Å². The van der Waals surface area contributed by atoms with E-state index in [0.29, 0.717) is 0 Å². The molecule has 6 nitrogen and oxygen atoms in total. The Labute approximate surface area is 194 Å². The van der Waals surface area contributed by atoms with Crippen LogP contribution in [0.4, 0.5) is 5.69 Å². The van der Waals surface area contributed by atoms with E-state index in [-0.39, 0.29) is 5.91 Å². The van der Waals surface area contributed by atoms with E-state index in [2.05, 4.69) is 64.5 Å². The van der Waals surface area contributed by atoms with Crippen LogP contribution in [0.25, 0.3) is 33.3 Å². The third-order valence-electron chi connectivity index (χ3n) is 5.73. The highest BCUT2D eigenvalue weighted by Crippen LogP contribution is 2.40. The Kier molecular flexibility index (Phi) is 5.70. The fourth-order valence-corrected chi connectivity index (χ4v) is 4.76. The van der Waals surface area contributed by atoms with E-state index in [1.165, 1.54) is 11.6 Å². The van der Waals surface area contributed by atoms with Crippen LogP contribution in [0.5, 0.6) is 0 Å². The number of carbonyl (C=O) groups excluding carboxylic acids is 1. The first kappa shape index (κ1) is 21.3. The molecular weight excluding hydrogens is 501 g/mol. The van der Waals surface area contributed by atoms with Crippen molar-refractivity contribution >= 4 is 45.2 Å². The van der Waals surface area contributed by atoms with Gasteiger partial charge in [0.2, 0.25) is 5.91 Å². The monoisotopic (exact) mass is 525 g/mol. The van der Waals surface area contributed by atoms with Gasteiger partial charge in [0.05, 0.1) is 9.90 Å². The predicted molar refractivity (Wildman–Crippen MR) is 134 cm³/mol. The molecule has 0 aliphatic rings. The van der Waals surface area contributed by atoms with Crippen LogP contribution in [0.1, 0.15) is 23.7 Å². The molecule has 4 rings (SSSR count). The lowest BCUT2D eigenvalue weighted by Crippen LogP contribution is -2.08. The van der Waals surface area contributed by atoms with Gasteiger partial charge in [-0.2, -0.15) is 5.10 Å². The summed E-state index contributed by atoms with van der Waals surface area (Å²) in [6.45, 7) is 9.76. The lowest BCUT2D eigenvalue weighted by Gasteiger charge is -2.13. The molecule has 0 saturated carbocycles. The summed E-state index contributed by atoms with van der Waals surface area (Å²) in [5, 5.41) is 8.44. The molecule has 158 valence electrons. The molecule has 0 bridgehead atoms. The Morgan fingerprint density at radius 1 is 1.29 bits per heavy atom. The molecule has 0 spiro atoms. The number of fused-ring (bicyclic) bond motifs is 1. The Hall–Kier alpha value is -2.94. The number of anilines is 1. The summed E-state index contributed by atoms with van der Waals surface area (Å²) < 4.78 is 2.90. The van der Waals surface area contributed by atoms with Gasteiger partial charge in [0.1, 0.15) is 5.65 Å². The molecule has 1 amide bonds. The van der Waals surface area contributed by atoms with Crippen molar-refractivity contribution < 1.29 is 4.79 Å². The summed E-state index contributed by atoms with van der Waals surface area (Å²) in [5.74, 6) is -0.223. The zero-order chi connectivity index (χ0) is 22.3. The number of nitrogens with zero attached hydrogens (tertiary/aromatic N) is 3. The lowest BCUT2D eigenvalue weighted by atomic mass is 9.94. The summed E-state index contributed by atoms with van der Waals surface area (Å²) >= 11 is 2.32. The van der Waals surface area contributed by atoms with E-state index < -0.39 is 0 Å². The van der Waals surface area contributed by atoms with Crippen LogP contribution in [0.2, 0.25) is 0 Å². The molecular formula is C24H24IN5O. The third-order valence-corrected chi connectivity index (χ3v) is 6.54. The highest BCUT2D eigenvalue weighted by Gasteiger charge is 2.21. The van der Waals surface area contributed by atoms with Crippen molar-refractivity contribution in [2.45, 2.75) is 27.2 Å². The maximum absolute atomic E-state index is 11.9. The molecule has 0 radical (unpaired) electrons. The van der Waals surface area contributed by atoms with Crippen LogP contribution in [-0.2, 0) is 18.3 Å². The molecule has 3 aromatic heterocycles. The van der Waals surface area contributed by atoms with E-state index in [1.807, 2.05) is 43.2 Å². The largest absolute Gasteiger partial charge is 0.334 e. The number of aromatic amines is 1. The molecule has 0 saturated heterocycles. The van der Waals surface area contributed by atoms with Crippen molar-refractivity contribution in [3.05, 3.63) is 63.8 Å². The van der Waals surface area contributed by atoms with E-state index >= 15 is 0 Å². The number of pyridine rings is 1. The molecule has 4 aromatic rings. The molecule has 2 N–H and O–H groups in total. The van der Waals surface area contributed by atoms with Crippen LogP contribution in [0.3, 0.4) is 0 Å². The van der Waals surface area contributed by atoms with Crippen LogP contribution in [0, 0.1) is 17.5 Å². The van der Waals surface area contributed by atoms with Gasteiger partial charge in [0.25, 0.3) is 0 Å². The van der Waals surface area contributed by atoms with Crippen molar-refractivity contribution in [3.8, 4) is 22.3 Å². The number of aryl methyl sites for hydroxylation is 3. The average molecular weight is 525 g/mol. The number of carbonyl (C=O) groups is 1. The van der Waals surface area contributed by atoms with Crippen molar-refractivity contribution in [2.75, 3.05) is 5.32 Å². The van der Waals surface area contributed by atoms with Gasteiger partial charge in [0.15, 0.2) is 0 Å². The topological polar surface area (TPSA) is 75.6 Å². The molecule has 3 heterocycles. The Morgan fingerprint density at radius 3 is 2.71 bits per heavy atom. The first-order valence-corrected chi connectivity index (χ1v) is 11.2. The van der Waals surface area contributed by atoms with Gasteiger partial charge in [0, 0.05) is 46.7 Å². The number of halogens is 1. The summed E-state index contributed by atoms with van der Waals surface area (Å²) in [4.78, 5) is 20.1. The average Bonchev–Trinajstić information content (AvgIpc) is 3.27. The third kappa shape index (κ3) is 3.67. The normalized spacial score (nSPS) is 11.1. The van der Waals surface area contributed by atoms with Crippen LogP contribution in [0.15, 0.2) is 43.2 Å². The summed E-state index contributed by atoms with van der Waals surface area (Å²) in [6, 6.07) is 6.13. The molecule has 0 aliphatic heterocycles. The number of hydrogen-bond donors (Lipinski definition) is 2. The molecule has 7 heteroatoms. The standard InChI is InChI=1S/C24H24IN5O/c1-6-16-18(17-12-27-30(5)14(17)4)11-26-24-22(16)21(23(25)29-24)15-9-8-13(3)19(10-15)28-20(31)7-2/h7-12H,2,6H2,1,3-5H3,(H,26,29)(H,28,31). The summed E-state index contributed by atoms with van der Waals surface area (Å²) in [7, 11) is 1.95. The minimum absolute atomic E-state index is 0.223. The van der Waals surface area contributed by atoms with Gasteiger partial charge in [-0.1, -0.05) is 25.6 Å². The van der Waals surface area contributed by atoms with Crippen LogP contribution in [-0.4, -0.2) is 25.7 Å². The number of hydrogen-bond acceptors (Lipinski definition) is 3. The fraction of sp³-hybridized carbons (Fsp3) is 0.208. The minimum Gasteiger partial charge on any atom is -0.334 e. The van der Waals surface area contributed by atoms with E-state index in [0.717, 1.165) is 60.4 Å². The quantitative estimate of drug-likeness (QED) is 0.266. The number of benzene rings is 1. The number of H-pyrrole nitrogens is 1. The maximum atomic E-state index is 11.9. The SMILES string of the molecule is C=CC(=O)Nc1cc(-c2c(I)[nH]c3ncc(-c4cnn(C)c4C)c(CC)c23)ccc1C. The summed E-state index contributed by atoms with van der Waals surface area (Å²) in [5.41, 5.74) is 9.28. The smallest absolute Gasteiger partial charge is 0.247 e. The van der Waals surface area contributed by atoms with Crippen molar-refractivity contribution in [1.29, 1.82) is 0 Å². The van der Waals surface area contributed by atoms with Gasteiger partial charge < -0.3 is 10.3 Å². The number of amides is 1. The molecule has 0 unspecified atom stereocenters. The zero-order valence-electron chi connectivity index (χ0n) is 18.0. The van der Waals surface area contributed by atoms with Gasteiger partial charge in [-0.3, -0.25) is 9.48 Å². The second kappa shape index (κ2) is 8.30. The van der Waals surface area contributed by atoms with Gasteiger partial charge in [-0.15, -0.1) is 0 Å². The second-order valence-electron chi connectivity index (χ2n) is 7.53. The van der Waals surface area contributed by atoms with E-state index in [4.69, 9.17) is 4.98 Å². The minimum atomic E-state index is -0.223. The number of rotatable bonds is 5. The molecule has 0 fully saturated rings. The molecule has 31 heavy (non-hydrogen) atoms. The van der Waals surface area contributed by atoms with Crippen LogP contribution < -0.4 is 5.32 Å². The zero-order valence-corrected chi connectivity index (χ0v) is 20.2. The number of nitrogens with one attached hydrogen (secondary N) is 2. The fourth-order valence-electron chi connectivity index (χ4n) is 3.92. The molecule has 1 aromatic carbocycles. The first-order valence-electron chi connectivity index (χ1n) is 10.1. The van der Waals surface area contributed by atoms with Gasteiger partial charge in [-0.25, -0.2) is 4.98 Å². The van der Waals surface area contributed by atoms with E-state index in [1.54, 1.807) is 0 Å². The summed E-state index contributed by atoms with van der Waals surface area (Å²) in [6.07, 6.45) is 5.98. The van der Waals surface area contributed by atoms with Crippen molar-refractivity contribution in [2.24, 2.45) is 7.05 Å². The lowest BCUT2D eigenvalue weighted by molar-refractivity contribution is -0.111.